The van der Waals surface area contributed by atoms with Crippen molar-refractivity contribution in [3.8, 4) is 0 Å². The maximum atomic E-state index is 6.72. The van der Waals surface area contributed by atoms with E-state index in [-0.39, 0.29) is 22.7 Å². The summed E-state index contributed by atoms with van der Waals surface area (Å²) in [6, 6.07) is 43.6. The Hall–Kier alpha value is -1.37. The zero-order valence-corrected chi connectivity index (χ0v) is 34.0. The van der Waals surface area contributed by atoms with E-state index in [1.54, 1.807) is 0 Å². The largest absolute Gasteiger partial charge is 0.372 e. The Kier molecular flexibility index (Phi) is 14.1. The average molecular weight is 695 g/mol. The molecule has 0 aromatic heterocycles. The molecule has 0 aliphatic carbocycles. The molecule has 2 nitrogen and oxygen atoms in total. The van der Waals surface area contributed by atoms with Crippen molar-refractivity contribution in [1.29, 1.82) is 0 Å². The first-order valence-electron chi connectivity index (χ1n) is 15.4. The molecule has 0 aliphatic heterocycles. The fourth-order valence-corrected chi connectivity index (χ4v) is 16.1. The molecule has 0 radical (unpaired) electrons. The fraction of sp³-hybridized carbons (Fsp3) is 0.333. The van der Waals surface area contributed by atoms with E-state index in [0.717, 1.165) is 33.3 Å². The minimum Gasteiger partial charge on any atom is -0.372 e. The molecule has 0 N–H and O–H groups in total. The van der Waals surface area contributed by atoms with E-state index >= 15 is 0 Å². The summed E-state index contributed by atoms with van der Waals surface area (Å²) < 4.78 is 13.4. The van der Waals surface area contributed by atoms with Crippen LogP contribution in [-0.4, -0.2) is 32.7 Å². The Balaban J connectivity index is 1.52. The lowest BCUT2D eigenvalue weighted by Crippen LogP contribution is -2.34. The summed E-state index contributed by atoms with van der Waals surface area (Å²) in [4.78, 5) is 0. The van der Waals surface area contributed by atoms with Gasteiger partial charge in [-0.25, -0.2) is 0 Å². The highest BCUT2D eigenvalue weighted by Gasteiger charge is 2.35. The molecule has 0 spiro atoms. The van der Waals surface area contributed by atoms with Crippen molar-refractivity contribution < 1.29 is 9.47 Å². The summed E-state index contributed by atoms with van der Waals surface area (Å²) in [6.45, 7) is 8.61. The molecule has 0 amide bonds. The van der Waals surface area contributed by atoms with E-state index < -0.39 is 0 Å². The first-order chi connectivity index (χ1) is 21.2. The second-order valence-corrected chi connectivity index (χ2v) is 21.5. The van der Waals surface area contributed by atoms with Gasteiger partial charge in [0.1, 0.15) is 0 Å². The molecule has 0 saturated carbocycles. The van der Waals surface area contributed by atoms with Crippen molar-refractivity contribution in [2.45, 2.75) is 73.7 Å². The fourth-order valence-electron chi connectivity index (χ4n) is 5.67. The lowest BCUT2D eigenvalue weighted by Gasteiger charge is -2.36. The van der Waals surface area contributed by atoms with Crippen molar-refractivity contribution in [2.24, 2.45) is 0 Å². The molecule has 8 heteroatoms. The highest BCUT2D eigenvalue weighted by Crippen LogP contribution is 2.57. The summed E-state index contributed by atoms with van der Waals surface area (Å²) in [5, 5.41) is 0.0772. The summed E-state index contributed by atoms with van der Waals surface area (Å²) >= 11 is 0. The van der Waals surface area contributed by atoms with Gasteiger partial charge in [0.15, 0.2) is 0 Å². The molecule has 4 aromatic rings. The van der Waals surface area contributed by atoms with Crippen LogP contribution < -0.4 is 0 Å². The van der Waals surface area contributed by atoms with Crippen LogP contribution in [0.4, 0.5) is 0 Å². The summed E-state index contributed by atoms with van der Waals surface area (Å²) in [5.74, 6) is 0. The van der Waals surface area contributed by atoms with Gasteiger partial charge in [0.05, 0.1) is 22.7 Å². The second kappa shape index (κ2) is 17.5. The Labute approximate surface area is 286 Å². The van der Waals surface area contributed by atoms with Crippen LogP contribution in [0.15, 0.2) is 121 Å². The van der Waals surface area contributed by atoms with E-state index in [1.165, 1.54) is 22.3 Å². The molecule has 4 unspecified atom stereocenters. The number of hydrogen-bond acceptors (Lipinski definition) is 6. The van der Waals surface area contributed by atoms with Crippen LogP contribution in [0.2, 0.25) is 0 Å². The SMILES string of the molecule is CC(C)OC([SiH3])(CC(SSSSC(CC([SiH3])(OC(C)C)c1ccccc1)c1ccccc1)c1ccccc1)c1ccccc1. The topological polar surface area (TPSA) is 18.5 Å². The third kappa shape index (κ3) is 10.6. The quantitative estimate of drug-likeness (QED) is 0.0619. The molecule has 4 aromatic carbocycles. The molecule has 0 saturated heterocycles. The molecule has 0 bridgehead atoms. The zero-order valence-electron chi connectivity index (χ0n) is 26.7. The minimum atomic E-state index is -0.260. The molecule has 234 valence electrons. The van der Waals surface area contributed by atoms with Crippen LogP contribution >= 0.6 is 41.2 Å². The number of rotatable bonds is 17. The van der Waals surface area contributed by atoms with Gasteiger partial charge < -0.3 is 9.47 Å². The molecule has 0 fully saturated rings. The van der Waals surface area contributed by atoms with Crippen molar-refractivity contribution in [1.82, 2.24) is 0 Å². The van der Waals surface area contributed by atoms with Gasteiger partial charge in [-0.15, -0.1) is 0 Å². The van der Waals surface area contributed by atoms with Gasteiger partial charge in [-0.05, 0) is 82.4 Å². The smallest absolute Gasteiger partial charge is 0.0740 e. The van der Waals surface area contributed by atoms with Crippen molar-refractivity contribution >= 4 is 61.7 Å². The molecule has 44 heavy (non-hydrogen) atoms. The van der Waals surface area contributed by atoms with E-state index in [1.807, 2.05) is 41.2 Å². The number of hydrogen-bond donors (Lipinski definition) is 0. The van der Waals surface area contributed by atoms with Gasteiger partial charge in [0.25, 0.3) is 0 Å². The molecule has 0 heterocycles. The van der Waals surface area contributed by atoms with Crippen LogP contribution in [0.1, 0.15) is 73.3 Å². The first kappa shape index (κ1) is 35.5. The Bertz CT molecular complexity index is 1260. The lowest BCUT2D eigenvalue weighted by molar-refractivity contribution is -0.0324. The Morgan fingerprint density at radius 2 is 0.795 bits per heavy atom. The normalized spacial score (nSPS) is 16.0. The maximum Gasteiger partial charge on any atom is 0.0740 e. The highest BCUT2D eigenvalue weighted by molar-refractivity contribution is 9.26. The van der Waals surface area contributed by atoms with Crippen LogP contribution in [0.3, 0.4) is 0 Å². The Morgan fingerprint density at radius 1 is 0.500 bits per heavy atom. The average Bonchev–Trinajstić information content (AvgIpc) is 3.03. The minimum absolute atomic E-state index is 0.161. The van der Waals surface area contributed by atoms with Crippen molar-refractivity contribution in [3.05, 3.63) is 144 Å². The predicted octanol–water partition coefficient (Wildman–Crippen LogP) is 9.21. The third-order valence-corrected chi connectivity index (χ3v) is 17.0. The molecule has 4 atom stereocenters. The molecule has 0 aliphatic rings. The van der Waals surface area contributed by atoms with Gasteiger partial charge in [-0.2, -0.15) is 0 Å². The second-order valence-electron chi connectivity index (χ2n) is 12.1. The molecule has 4 rings (SSSR count). The predicted molar refractivity (Wildman–Crippen MR) is 207 cm³/mol. The summed E-state index contributed by atoms with van der Waals surface area (Å²) in [7, 11) is 9.53. The zero-order chi connectivity index (χ0) is 31.4. The van der Waals surface area contributed by atoms with Gasteiger partial charge in [0.2, 0.25) is 0 Å². The van der Waals surface area contributed by atoms with E-state index in [2.05, 4.69) is 149 Å². The monoisotopic (exact) mass is 694 g/mol. The van der Waals surface area contributed by atoms with Crippen molar-refractivity contribution in [2.75, 3.05) is 0 Å². The van der Waals surface area contributed by atoms with Crippen LogP contribution in [-0.2, 0) is 19.9 Å². The van der Waals surface area contributed by atoms with E-state index in [4.69, 9.17) is 9.47 Å². The lowest BCUT2D eigenvalue weighted by atomic mass is 9.99. The number of ether oxygens (including phenoxy) is 2. The van der Waals surface area contributed by atoms with Crippen LogP contribution in [0.25, 0.3) is 0 Å². The van der Waals surface area contributed by atoms with Gasteiger partial charge in [-0.1, -0.05) is 143 Å². The van der Waals surface area contributed by atoms with Crippen LogP contribution in [0.5, 0.6) is 0 Å². The van der Waals surface area contributed by atoms with Gasteiger partial charge in [-0.3, -0.25) is 0 Å². The Morgan fingerprint density at radius 3 is 1.09 bits per heavy atom. The highest BCUT2D eigenvalue weighted by atomic mass is 33.7. The standard InChI is InChI=1S/C36H46O2S4Si2/c1-27(2)37-35(43,31-21-13-7-14-22-31)25-33(29-17-9-5-10-18-29)39-41-42-40-34(30-19-11-6-12-20-30)26-36(44,38-28(3)4)32-23-15-8-16-24-32/h5-24,27-28,33-34H,25-26H2,1-4,43-44H3. The molecular weight excluding hydrogens is 649 g/mol. The van der Waals surface area contributed by atoms with E-state index in [9.17, 15) is 0 Å². The van der Waals surface area contributed by atoms with E-state index in [0.29, 0.717) is 10.5 Å². The third-order valence-electron chi connectivity index (χ3n) is 7.59. The van der Waals surface area contributed by atoms with Crippen molar-refractivity contribution in [3.63, 3.8) is 0 Å². The molecular formula is C36H46O2S4Si2. The maximum absolute atomic E-state index is 6.72. The van der Waals surface area contributed by atoms with Gasteiger partial charge >= 0.3 is 0 Å². The first-order valence-corrected chi connectivity index (χ1v) is 22.3. The number of benzene rings is 4. The summed E-state index contributed by atoms with van der Waals surface area (Å²) in [5.41, 5.74) is 5.28. The summed E-state index contributed by atoms with van der Waals surface area (Å²) in [6.07, 6.45) is 2.20. The van der Waals surface area contributed by atoms with Crippen LogP contribution in [0, 0.1) is 0 Å². The van der Waals surface area contributed by atoms with Gasteiger partial charge in [0, 0.05) is 31.0 Å².